The summed E-state index contributed by atoms with van der Waals surface area (Å²) in [5.41, 5.74) is 0.369. The van der Waals surface area contributed by atoms with Crippen LogP contribution in [0.1, 0.15) is 40.0 Å². The van der Waals surface area contributed by atoms with Crippen molar-refractivity contribution in [2.24, 2.45) is 11.8 Å². The maximum Gasteiger partial charge on any atom is 0.233 e. The number of nitrogens with one attached hydrogen (secondary N) is 2. The molecule has 2 aromatic rings. The summed E-state index contributed by atoms with van der Waals surface area (Å²) < 4.78 is 13.8. The summed E-state index contributed by atoms with van der Waals surface area (Å²) >= 11 is 1.28. The zero-order valence-corrected chi connectivity index (χ0v) is 16.1. The summed E-state index contributed by atoms with van der Waals surface area (Å²) in [5.74, 6) is 1.13. The van der Waals surface area contributed by atoms with Crippen LogP contribution in [0.3, 0.4) is 0 Å². The molecule has 140 valence electrons. The highest BCUT2D eigenvalue weighted by Gasteiger charge is 2.29. The Labute approximate surface area is 157 Å². The van der Waals surface area contributed by atoms with Gasteiger partial charge in [0.1, 0.15) is 5.82 Å². The van der Waals surface area contributed by atoms with Gasteiger partial charge in [-0.05, 0) is 37.3 Å². The predicted molar refractivity (Wildman–Crippen MR) is 101 cm³/mol. The van der Waals surface area contributed by atoms with Crippen LogP contribution in [0.2, 0.25) is 0 Å². The molecule has 1 aliphatic carbocycles. The van der Waals surface area contributed by atoms with Gasteiger partial charge in [-0.15, -0.1) is 5.10 Å². The van der Waals surface area contributed by atoms with Gasteiger partial charge in [0.2, 0.25) is 11.1 Å². The Morgan fingerprint density at radius 2 is 2.12 bits per heavy atom. The number of H-pyrrole nitrogens is 1. The van der Waals surface area contributed by atoms with Gasteiger partial charge in [-0.2, -0.15) is 0 Å². The van der Waals surface area contributed by atoms with E-state index in [9.17, 15) is 9.18 Å². The molecule has 7 heteroatoms. The highest BCUT2D eigenvalue weighted by atomic mass is 32.2. The third kappa shape index (κ3) is 4.26. The van der Waals surface area contributed by atoms with Crippen LogP contribution in [-0.4, -0.2) is 32.4 Å². The normalized spacial score (nSPS) is 24.2. The summed E-state index contributed by atoms with van der Waals surface area (Å²) in [5, 5.41) is 10.2. The Hall–Kier alpha value is -1.89. The van der Waals surface area contributed by atoms with E-state index in [2.05, 4.69) is 34.3 Å². The fourth-order valence-electron chi connectivity index (χ4n) is 3.37. The van der Waals surface area contributed by atoms with Gasteiger partial charge in [0, 0.05) is 6.04 Å². The average Bonchev–Trinajstić information content (AvgIpc) is 3.07. The van der Waals surface area contributed by atoms with Crippen LogP contribution in [0.25, 0.3) is 11.4 Å². The molecule has 1 amide bonds. The van der Waals surface area contributed by atoms with Crippen molar-refractivity contribution in [1.82, 2.24) is 20.5 Å². The lowest BCUT2D eigenvalue weighted by molar-refractivity contribution is -0.121. The second-order valence-corrected chi connectivity index (χ2v) is 8.40. The number of amides is 1. The molecule has 1 aromatic carbocycles. The Kier molecular flexibility index (Phi) is 5.96. The fourth-order valence-corrected chi connectivity index (χ4v) is 4.10. The third-order valence-corrected chi connectivity index (χ3v) is 6.24. The minimum atomic E-state index is -0.355. The zero-order valence-electron chi connectivity index (χ0n) is 15.3. The van der Waals surface area contributed by atoms with Crippen LogP contribution in [0.5, 0.6) is 0 Å². The molecule has 1 heterocycles. The number of carbonyl (C=O) groups is 1. The quantitative estimate of drug-likeness (QED) is 0.773. The number of benzene rings is 1. The van der Waals surface area contributed by atoms with E-state index >= 15 is 0 Å². The van der Waals surface area contributed by atoms with E-state index in [4.69, 9.17) is 0 Å². The molecular formula is C19H25FN4OS. The van der Waals surface area contributed by atoms with Crippen molar-refractivity contribution in [1.29, 1.82) is 0 Å². The van der Waals surface area contributed by atoms with E-state index < -0.39 is 0 Å². The highest BCUT2D eigenvalue weighted by molar-refractivity contribution is 8.00. The van der Waals surface area contributed by atoms with Crippen LogP contribution in [0.4, 0.5) is 4.39 Å². The van der Waals surface area contributed by atoms with Gasteiger partial charge in [-0.3, -0.25) is 9.89 Å². The smallest absolute Gasteiger partial charge is 0.233 e. The lowest BCUT2D eigenvalue weighted by Crippen LogP contribution is -2.46. The van der Waals surface area contributed by atoms with Crippen molar-refractivity contribution in [3.05, 3.63) is 30.1 Å². The number of thioether (sulfide) groups is 1. The van der Waals surface area contributed by atoms with Crippen molar-refractivity contribution in [2.45, 2.75) is 56.5 Å². The summed E-state index contributed by atoms with van der Waals surface area (Å²) in [6, 6.07) is 6.63. The monoisotopic (exact) mass is 376 g/mol. The maximum absolute atomic E-state index is 13.8. The second kappa shape index (κ2) is 8.20. The van der Waals surface area contributed by atoms with Gasteiger partial charge < -0.3 is 5.32 Å². The minimum absolute atomic E-state index is 0.00167. The molecule has 5 nitrogen and oxygen atoms in total. The molecule has 0 spiro atoms. The van der Waals surface area contributed by atoms with E-state index in [0.29, 0.717) is 28.4 Å². The molecule has 1 aliphatic rings. The molecule has 4 atom stereocenters. The summed E-state index contributed by atoms with van der Waals surface area (Å²) in [4.78, 5) is 16.9. The number of halogens is 1. The molecule has 0 radical (unpaired) electrons. The molecule has 1 aromatic heterocycles. The molecule has 0 aliphatic heterocycles. The maximum atomic E-state index is 13.8. The fraction of sp³-hybridized carbons (Fsp3) is 0.526. The second-order valence-electron chi connectivity index (χ2n) is 7.09. The van der Waals surface area contributed by atoms with Crippen LogP contribution >= 0.6 is 11.8 Å². The zero-order chi connectivity index (χ0) is 18.7. The Morgan fingerprint density at radius 3 is 2.88 bits per heavy atom. The van der Waals surface area contributed by atoms with Crippen LogP contribution in [-0.2, 0) is 4.79 Å². The van der Waals surface area contributed by atoms with Crippen molar-refractivity contribution in [2.75, 3.05) is 0 Å². The number of aromatic amines is 1. The first-order valence-corrected chi connectivity index (χ1v) is 9.98. The molecule has 1 fully saturated rings. The third-order valence-electron chi connectivity index (χ3n) is 5.28. The topological polar surface area (TPSA) is 70.7 Å². The number of aromatic nitrogens is 3. The van der Waals surface area contributed by atoms with Gasteiger partial charge in [-0.25, -0.2) is 9.37 Å². The molecule has 3 rings (SSSR count). The number of rotatable bonds is 5. The number of carbonyl (C=O) groups excluding carboxylic acids is 1. The number of nitrogens with zero attached hydrogens (tertiary/aromatic N) is 2. The molecule has 26 heavy (non-hydrogen) atoms. The lowest BCUT2D eigenvalue weighted by Gasteiger charge is -2.35. The largest absolute Gasteiger partial charge is 0.352 e. The lowest BCUT2D eigenvalue weighted by atomic mass is 9.78. The van der Waals surface area contributed by atoms with E-state index in [-0.39, 0.29) is 23.0 Å². The van der Waals surface area contributed by atoms with Gasteiger partial charge >= 0.3 is 0 Å². The van der Waals surface area contributed by atoms with Crippen LogP contribution < -0.4 is 5.32 Å². The summed E-state index contributed by atoms with van der Waals surface area (Å²) in [6.07, 6.45) is 3.42. The number of hydrogen-bond acceptors (Lipinski definition) is 4. The van der Waals surface area contributed by atoms with Crippen molar-refractivity contribution >= 4 is 17.7 Å². The van der Waals surface area contributed by atoms with Gasteiger partial charge in [0.05, 0.1) is 10.8 Å². The van der Waals surface area contributed by atoms with Gasteiger partial charge in [0.25, 0.3) is 0 Å². The average molecular weight is 377 g/mol. The van der Waals surface area contributed by atoms with Gasteiger partial charge in [-0.1, -0.05) is 50.6 Å². The standard InChI is InChI=1S/C19H25FN4OS/c1-11-7-6-10-16(12(11)2)21-18(25)13(3)26-19-22-17(23-24-19)14-8-4-5-9-15(14)20/h4-5,8-9,11-13,16H,6-7,10H2,1-3H3,(H,21,25)(H,22,23,24)/t11-,12-,13-,16+/m1/s1. The first-order chi connectivity index (χ1) is 12.5. The van der Waals surface area contributed by atoms with Crippen LogP contribution in [0, 0.1) is 17.7 Å². The molecule has 0 saturated heterocycles. The van der Waals surface area contributed by atoms with Crippen LogP contribution in [0.15, 0.2) is 29.4 Å². The van der Waals surface area contributed by atoms with E-state index in [1.54, 1.807) is 18.2 Å². The van der Waals surface area contributed by atoms with Crippen molar-refractivity contribution in [3.63, 3.8) is 0 Å². The molecule has 0 unspecified atom stereocenters. The molecule has 1 saturated carbocycles. The summed E-state index contributed by atoms with van der Waals surface area (Å²) in [7, 11) is 0. The first kappa shape index (κ1) is 18.9. The van der Waals surface area contributed by atoms with E-state index in [1.807, 2.05) is 6.92 Å². The number of hydrogen-bond donors (Lipinski definition) is 2. The van der Waals surface area contributed by atoms with Crippen molar-refractivity contribution in [3.8, 4) is 11.4 Å². The van der Waals surface area contributed by atoms with Crippen molar-refractivity contribution < 1.29 is 9.18 Å². The Morgan fingerprint density at radius 1 is 1.35 bits per heavy atom. The molecule has 2 N–H and O–H groups in total. The van der Waals surface area contributed by atoms with Gasteiger partial charge in [0.15, 0.2) is 5.82 Å². The highest BCUT2D eigenvalue weighted by Crippen LogP contribution is 2.30. The Balaban J connectivity index is 1.60. The summed E-state index contributed by atoms with van der Waals surface area (Å²) in [6.45, 7) is 6.30. The van der Waals surface area contributed by atoms with E-state index in [0.717, 1.165) is 12.8 Å². The minimum Gasteiger partial charge on any atom is -0.352 e. The SMILES string of the molecule is C[C@@H]1[C@H](C)CCC[C@@H]1NC(=O)[C@@H](C)Sc1n[nH]c(-c2ccccc2F)n1. The first-order valence-electron chi connectivity index (χ1n) is 9.10. The van der Waals surface area contributed by atoms with E-state index in [1.165, 1.54) is 24.2 Å². The Bertz CT molecular complexity index is 766. The molecular weight excluding hydrogens is 351 g/mol. The predicted octanol–water partition coefficient (Wildman–Crippen LogP) is 4.03. The molecule has 0 bridgehead atoms.